The number of hydrogen-bond donors (Lipinski definition) is 1. The van der Waals surface area contributed by atoms with E-state index in [9.17, 15) is 0 Å². The van der Waals surface area contributed by atoms with E-state index in [2.05, 4.69) is 12.2 Å². The summed E-state index contributed by atoms with van der Waals surface area (Å²) in [4.78, 5) is 0. The molecule has 9 heavy (non-hydrogen) atoms. The zero-order chi connectivity index (χ0) is 7.21. The van der Waals surface area contributed by atoms with Crippen LogP contribution in [0.2, 0.25) is 0 Å². The van der Waals surface area contributed by atoms with Crippen LogP contribution in [0, 0.1) is 0 Å². The third kappa shape index (κ3) is 8740. The Balaban J connectivity index is -0.0000000800. The third-order valence-corrected chi connectivity index (χ3v) is 0. The maximum Gasteiger partial charge on any atom is 2.00 e. The molecule has 0 spiro atoms. The Labute approximate surface area is 68.0 Å². The SMILES string of the molecule is O=S(=O)([O-])O.[Fe+2].[N-]=C=S. The monoisotopic (exact) mass is 211 g/mol. The van der Waals surface area contributed by atoms with Crippen LogP contribution in [-0.2, 0) is 27.5 Å². The van der Waals surface area contributed by atoms with E-state index in [1.165, 1.54) is 5.16 Å². The van der Waals surface area contributed by atoms with Crippen molar-refractivity contribution in [1.82, 2.24) is 0 Å². The van der Waals surface area contributed by atoms with Crippen LogP contribution >= 0.6 is 12.2 Å². The van der Waals surface area contributed by atoms with E-state index in [1.54, 1.807) is 0 Å². The van der Waals surface area contributed by atoms with Gasteiger partial charge in [0.25, 0.3) is 0 Å². The Kier molecular flexibility index (Phi) is 14.6. The second-order valence-corrected chi connectivity index (χ2v) is 1.56. The topological polar surface area (TPSA) is 99.7 Å². The van der Waals surface area contributed by atoms with Crippen LogP contribution < -0.4 is 0 Å². The van der Waals surface area contributed by atoms with Gasteiger partial charge < -0.3 is 9.96 Å². The smallest absolute Gasteiger partial charge is 0.753 e. The summed E-state index contributed by atoms with van der Waals surface area (Å²) in [6.07, 6.45) is 0. The number of nitrogens with zero attached hydrogens (tertiary/aromatic N) is 1. The van der Waals surface area contributed by atoms with Gasteiger partial charge in [-0.3, -0.25) is 4.55 Å². The molecular weight excluding hydrogens is 210 g/mol. The molecule has 0 heterocycles. The maximum atomic E-state index is 8.63. The van der Waals surface area contributed by atoms with Gasteiger partial charge in [0, 0.05) is 0 Å². The minimum absolute atomic E-state index is 0. The molecule has 0 amide bonds. The van der Waals surface area contributed by atoms with E-state index < -0.39 is 10.4 Å². The first kappa shape index (κ1) is 16.1. The summed E-state index contributed by atoms with van der Waals surface area (Å²) in [6.45, 7) is 0. The van der Waals surface area contributed by atoms with E-state index in [-0.39, 0.29) is 17.1 Å². The Hall–Kier alpha value is 0.189. The van der Waals surface area contributed by atoms with E-state index in [0.717, 1.165) is 0 Å². The van der Waals surface area contributed by atoms with E-state index in [0.29, 0.717) is 0 Å². The van der Waals surface area contributed by atoms with Gasteiger partial charge in [0.2, 0.25) is 10.4 Å². The molecule has 8 heteroatoms. The van der Waals surface area contributed by atoms with Crippen molar-refractivity contribution < 1.29 is 34.6 Å². The summed E-state index contributed by atoms with van der Waals surface area (Å²) >= 11 is 3.70. The van der Waals surface area contributed by atoms with Gasteiger partial charge in [0.1, 0.15) is 0 Å². The molecule has 0 aliphatic rings. The van der Waals surface area contributed by atoms with Crippen LogP contribution in [0.25, 0.3) is 5.41 Å². The van der Waals surface area contributed by atoms with Crippen molar-refractivity contribution in [3.8, 4) is 0 Å². The molecule has 0 aromatic heterocycles. The van der Waals surface area contributed by atoms with Crippen LogP contribution in [-0.4, -0.2) is 22.7 Å². The summed E-state index contributed by atoms with van der Waals surface area (Å²) in [5.41, 5.74) is 0. The zero-order valence-electron chi connectivity index (χ0n) is 3.79. The molecule has 0 rings (SSSR count). The van der Waals surface area contributed by atoms with Gasteiger partial charge in [-0.1, -0.05) is 12.2 Å². The van der Waals surface area contributed by atoms with Gasteiger partial charge >= 0.3 is 17.1 Å². The Bertz CT molecular complexity index is 159. The number of rotatable bonds is 0. The molecule has 1 N–H and O–H groups in total. The van der Waals surface area contributed by atoms with Crippen LogP contribution in [0.5, 0.6) is 0 Å². The van der Waals surface area contributed by atoms with Crippen LogP contribution in [0.15, 0.2) is 0 Å². The largest absolute Gasteiger partial charge is 2.00 e. The molecule has 0 aromatic carbocycles. The van der Waals surface area contributed by atoms with Gasteiger partial charge in [0.05, 0.1) is 0 Å². The third-order valence-electron chi connectivity index (χ3n) is 0. The van der Waals surface area contributed by atoms with E-state index >= 15 is 0 Å². The molecule has 54 valence electrons. The summed E-state index contributed by atoms with van der Waals surface area (Å²) in [7, 11) is -4.92. The van der Waals surface area contributed by atoms with Crippen molar-refractivity contribution >= 4 is 27.8 Å². The van der Waals surface area contributed by atoms with E-state index in [4.69, 9.17) is 22.9 Å². The maximum absolute atomic E-state index is 8.63. The van der Waals surface area contributed by atoms with Crippen molar-refractivity contribution in [2.45, 2.75) is 0 Å². The van der Waals surface area contributed by atoms with E-state index in [1.807, 2.05) is 0 Å². The summed E-state index contributed by atoms with van der Waals surface area (Å²) in [6, 6.07) is 0. The Morgan fingerprint density at radius 1 is 1.67 bits per heavy atom. The van der Waals surface area contributed by atoms with Crippen LogP contribution in [0.1, 0.15) is 0 Å². The van der Waals surface area contributed by atoms with Crippen molar-refractivity contribution in [1.29, 1.82) is 0 Å². The molecule has 0 aliphatic heterocycles. The van der Waals surface area contributed by atoms with Crippen LogP contribution in [0.4, 0.5) is 0 Å². The summed E-state index contributed by atoms with van der Waals surface area (Å²) in [5.74, 6) is 0. The van der Waals surface area contributed by atoms with Crippen molar-refractivity contribution in [3.63, 3.8) is 0 Å². The average molecular weight is 211 g/mol. The zero-order valence-corrected chi connectivity index (χ0v) is 6.53. The first-order chi connectivity index (χ1) is 3.41. The number of isothiocyanates is 1. The molecule has 0 saturated heterocycles. The minimum Gasteiger partial charge on any atom is -0.753 e. The van der Waals surface area contributed by atoms with Gasteiger partial charge in [-0.05, 0) is 0 Å². The molecule has 0 radical (unpaired) electrons. The minimum atomic E-state index is -4.92. The Morgan fingerprint density at radius 3 is 1.67 bits per heavy atom. The van der Waals surface area contributed by atoms with Gasteiger partial charge in [-0.25, -0.2) is 8.42 Å². The second kappa shape index (κ2) is 8.19. The molecule has 5 nitrogen and oxygen atoms in total. The Morgan fingerprint density at radius 2 is 1.67 bits per heavy atom. The predicted octanol–water partition coefficient (Wildman–Crippen LogP) is -0.339. The van der Waals surface area contributed by atoms with Crippen LogP contribution in [0.3, 0.4) is 0 Å². The van der Waals surface area contributed by atoms with Crippen molar-refractivity contribution in [2.75, 3.05) is 0 Å². The fraction of sp³-hybridized carbons (Fsp3) is 0. The first-order valence-corrected chi connectivity index (χ1v) is 2.88. The van der Waals surface area contributed by atoms with Gasteiger partial charge in [-0.2, -0.15) is 5.16 Å². The summed E-state index contributed by atoms with van der Waals surface area (Å²) in [5, 5.41) is 8.47. The molecule has 0 saturated carbocycles. The van der Waals surface area contributed by atoms with Crippen molar-refractivity contribution in [2.24, 2.45) is 0 Å². The first-order valence-electron chi connectivity index (χ1n) is 1.11. The van der Waals surface area contributed by atoms with Crippen molar-refractivity contribution in [3.05, 3.63) is 5.41 Å². The normalized spacial score (nSPS) is 7.33. The number of thiocarbonyl (C=S) groups is 1. The molecule has 0 unspecified atom stereocenters. The fourth-order valence-electron chi connectivity index (χ4n) is 0. The quantitative estimate of drug-likeness (QED) is 0.194. The fourth-order valence-corrected chi connectivity index (χ4v) is 0. The second-order valence-electron chi connectivity index (χ2n) is 0.519. The number of hydrogen-bond acceptors (Lipinski definition) is 4. The molecule has 0 bridgehead atoms. The average Bonchev–Trinajstić information content (AvgIpc) is 1.27. The summed E-state index contributed by atoms with van der Waals surface area (Å²) < 4.78 is 32.8. The molecule has 0 fully saturated rings. The molecule has 0 atom stereocenters. The standard InChI is InChI=1S/CNS.Fe.H2O4S/c2-1-3;;1-5(2,3)4/h;;(H2,1,2,3,4)/q-1;+2;/p-1. The van der Waals surface area contributed by atoms with Gasteiger partial charge in [0.15, 0.2) is 0 Å². The molecule has 0 aliphatic carbocycles. The predicted molar refractivity (Wildman–Crippen MR) is 28.3 cm³/mol. The van der Waals surface area contributed by atoms with Gasteiger partial charge in [-0.15, -0.1) is 0 Å². The molecular formula is CHFeNO4S2. The molecule has 0 aromatic rings.